The summed E-state index contributed by atoms with van der Waals surface area (Å²) in [6, 6.07) is 0.501. The van der Waals surface area contributed by atoms with Crippen LogP contribution in [0.15, 0.2) is 4.52 Å². The molecule has 1 aromatic heterocycles. The molecule has 0 aliphatic heterocycles. The van der Waals surface area contributed by atoms with Crippen molar-refractivity contribution in [1.82, 2.24) is 15.5 Å². The van der Waals surface area contributed by atoms with E-state index in [1.165, 1.54) is 51.4 Å². The van der Waals surface area contributed by atoms with Gasteiger partial charge in [0, 0.05) is 18.4 Å². The van der Waals surface area contributed by atoms with Crippen LogP contribution < -0.4 is 5.32 Å². The molecule has 116 valence electrons. The predicted octanol–water partition coefficient (Wildman–Crippen LogP) is 3.29. The van der Waals surface area contributed by atoms with Gasteiger partial charge in [0.05, 0.1) is 0 Å². The van der Waals surface area contributed by atoms with E-state index in [2.05, 4.69) is 17.5 Å². The zero-order valence-corrected chi connectivity index (χ0v) is 13.1. The molecule has 0 spiro atoms. The van der Waals surface area contributed by atoms with Crippen LogP contribution in [0.5, 0.6) is 0 Å². The van der Waals surface area contributed by atoms with Crippen LogP contribution >= 0.6 is 0 Å². The number of aromatic nitrogens is 2. The first kappa shape index (κ1) is 13.7. The van der Waals surface area contributed by atoms with Crippen molar-refractivity contribution < 1.29 is 4.52 Å². The lowest BCUT2D eigenvalue weighted by Crippen LogP contribution is -2.34. The number of rotatable bonds is 5. The molecule has 0 saturated heterocycles. The van der Waals surface area contributed by atoms with E-state index in [0.717, 1.165) is 35.9 Å². The minimum absolute atomic E-state index is 0.501. The smallest absolute Gasteiger partial charge is 0.228 e. The molecule has 4 atom stereocenters. The van der Waals surface area contributed by atoms with Crippen LogP contribution in [0.4, 0.5) is 0 Å². The van der Waals surface area contributed by atoms with Gasteiger partial charge in [0.1, 0.15) is 0 Å². The van der Waals surface area contributed by atoms with Gasteiger partial charge in [0.2, 0.25) is 5.89 Å². The lowest BCUT2D eigenvalue weighted by Gasteiger charge is -2.21. The Kier molecular flexibility index (Phi) is 3.74. The van der Waals surface area contributed by atoms with Gasteiger partial charge in [-0.3, -0.25) is 0 Å². The van der Waals surface area contributed by atoms with Gasteiger partial charge in [-0.05, 0) is 56.9 Å². The Morgan fingerprint density at radius 2 is 2.05 bits per heavy atom. The van der Waals surface area contributed by atoms with Crippen molar-refractivity contribution in [2.45, 2.75) is 69.7 Å². The van der Waals surface area contributed by atoms with E-state index in [9.17, 15) is 0 Å². The Hall–Kier alpha value is -0.900. The molecule has 1 N–H and O–H groups in total. The second kappa shape index (κ2) is 5.71. The van der Waals surface area contributed by atoms with Gasteiger partial charge in [-0.25, -0.2) is 0 Å². The summed E-state index contributed by atoms with van der Waals surface area (Å²) < 4.78 is 5.58. The number of likely N-dealkylation sites (N-methyl/N-ethyl adjacent to an activating group) is 1. The normalized spacial score (nSPS) is 33.9. The molecule has 3 fully saturated rings. The fraction of sp³-hybridized carbons (Fsp3) is 0.882. The van der Waals surface area contributed by atoms with Gasteiger partial charge in [-0.15, -0.1) is 0 Å². The van der Waals surface area contributed by atoms with Crippen LogP contribution in [0.2, 0.25) is 0 Å². The van der Waals surface area contributed by atoms with E-state index in [-0.39, 0.29) is 0 Å². The highest BCUT2D eigenvalue weighted by Gasteiger charge is 2.42. The first-order valence-corrected chi connectivity index (χ1v) is 8.83. The Morgan fingerprint density at radius 3 is 2.71 bits per heavy atom. The van der Waals surface area contributed by atoms with Crippen molar-refractivity contribution in [2.24, 2.45) is 17.8 Å². The van der Waals surface area contributed by atoms with Crippen molar-refractivity contribution in [3.8, 4) is 0 Å². The summed E-state index contributed by atoms with van der Waals surface area (Å²) in [5, 5.41) is 7.79. The Balaban J connectivity index is 1.42. The van der Waals surface area contributed by atoms with Gasteiger partial charge in [0.15, 0.2) is 5.82 Å². The van der Waals surface area contributed by atoms with Crippen LogP contribution in [0.3, 0.4) is 0 Å². The largest absolute Gasteiger partial charge is 0.339 e. The summed E-state index contributed by atoms with van der Waals surface area (Å²) in [7, 11) is 2.07. The summed E-state index contributed by atoms with van der Waals surface area (Å²) in [5.74, 6) is 4.98. The quantitative estimate of drug-likeness (QED) is 0.903. The fourth-order valence-corrected chi connectivity index (χ4v) is 5.11. The molecule has 2 bridgehead atoms. The fourth-order valence-electron chi connectivity index (χ4n) is 5.11. The molecule has 4 heteroatoms. The van der Waals surface area contributed by atoms with Gasteiger partial charge in [-0.2, -0.15) is 4.98 Å². The number of nitrogens with zero attached hydrogens (tertiary/aromatic N) is 2. The molecule has 21 heavy (non-hydrogen) atoms. The SMILES string of the molecule is CNC(Cc1nc(C2CC3CCC2C3)no1)C1CCCC1. The van der Waals surface area contributed by atoms with Crippen LogP contribution in [0, 0.1) is 17.8 Å². The highest BCUT2D eigenvalue weighted by atomic mass is 16.5. The van der Waals surface area contributed by atoms with Gasteiger partial charge in [-0.1, -0.05) is 24.4 Å². The molecule has 4 unspecified atom stereocenters. The lowest BCUT2D eigenvalue weighted by atomic mass is 9.88. The Labute approximate surface area is 127 Å². The van der Waals surface area contributed by atoms with E-state index in [1.54, 1.807) is 0 Å². The molecular weight excluding hydrogens is 262 g/mol. The summed E-state index contributed by atoms with van der Waals surface area (Å²) in [4.78, 5) is 4.75. The zero-order valence-electron chi connectivity index (χ0n) is 13.1. The Morgan fingerprint density at radius 1 is 1.19 bits per heavy atom. The number of hydrogen-bond acceptors (Lipinski definition) is 4. The number of hydrogen-bond donors (Lipinski definition) is 1. The highest BCUT2D eigenvalue weighted by molar-refractivity contribution is 5.06. The van der Waals surface area contributed by atoms with Crippen LogP contribution in [0.1, 0.15) is 69.0 Å². The van der Waals surface area contributed by atoms with Crippen molar-refractivity contribution in [3.63, 3.8) is 0 Å². The van der Waals surface area contributed by atoms with Crippen LogP contribution in [-0.2, 0) is 6.42 Å². The minimum atomic E-state index is 0.501. The second-order valence-electron chi connectivity index (χ2n) is 7.47. The molecule has 4 rings (SSSR count). The van der Waals surface area contributed by atoms with Crippen molar-refractivity contribution in [2.75, 3.05) is 7.05 Å². The number of nitrogens with one attached hydrogen (secondary N) is 1. The molecule has 3 saturated carbocycles. The molecule has 3 aliphatic rings. The maximum Gasteiger partial charge on any atom is 0.228 e. The molecule has 3 aliphatic carbocycles. The lowest BCUT2D eigenvalue weighted by molar-refractivity contribution is 0.313. The molecule has 1 aromatic rings. The standard InChI is InChI=1S/C17H27N3O/c1-18-15(12-4-2-3-5-12)10-16-19-17(20-21-16)14-9-11-6-7-13(14)8-11/h11-15,18H,2-10H2,1H3. The van der Waals surface area contributed by atoms with Crippen molar-refractivity contribution >= 4 is 0 Å². The maximum absolute atomic E-state index is 5.58. The van der Waals surface area contributed by atoms with Gasteiger partial charge in [0.25, 0.3) is 0 Å². The summed E-state index contributed by atoms with van der Waals surface area (Å²) in [6.07, 6.45) is 11.8. The zero-order chi connectivity index (χ0) is 14.2. The summed E-state index contributed by atoms with van der Waals surface area (Å²) >= 11 is 0. The first-order chi connectivity index (χ1) is 10.3. The third kappa shape index (κ3) is 2.63. The monoisotopic (exact) mass is 289 g/mol. The summed E-state index contributed by atoms with van der Waals surface area (Å²) in [6.45, 7) is 0. The highest BCUT2D eigenvalue weighted by Crippen LogP contribution is 2.52. The minimum Gasteiger partial charge on any atom is -0.339 e. The van der Waals surface area contributed by atoms with Crippen LogP contribution in [-0.4, -0.2) is 23.2 Å². The topological polar surface area (TPSA) is 51.0 Å². The molecular formula is C17H27N3O. The Bertz CT molecular complexity index is 480. The van der Waals surface area contributed by atoms with E-state index < -0.39 is 0 Å². The van der Waals surface area contributed by atoms with Gasteiger partial charge >= 0.3 is 0 Å². The van der Waals surface area contributed by atoms with E-state index >= 15 is 0 Å². The first-order valence-electron chi connectivity index (χ1n) is 8.83. The average Bonchev–Trinajstić information content (AvgIpc) is 3.28. The second-order valence-corrected chi connectivity index (χ2v) is 7.47. The van der Waals surface area contributed by atoms with Crippen LogP contribution in [0.25, 0.3) is 0 Å². The third-order valence-corrected chi connectivity index (χ3v) is 6.29. The van der Waals surface area contributed by atoms with Gasteiger partial charge < -0.3 is 9.84 Å². The molecule has 4 nitrogen and oxygen atoms in total. The molecule has 0 radical (unpaired) electrons. The van der Waals surface area contributed by atoms with E-state index in [0.29, 0.717) is 12.0 Å². The number of fused-ring (bicyclic) bond motifs is 2. The van der Waals surface area contributed by atoms with E-state index in [4.69, 9.17) is 9.51 Å². The summed E-state index contributed by atoms with van der Waals surface area (Å²) in [5.41, 5.74) is 0. The van der Waals surface area contributed by atoms with Crippen molar-refractivity contribution in [3.05, 3.63) is 11.7 Å². The molecule has 1 heterocycles. The predicted molar refractivity (Wildman–Crippen MR) is 81.0 cm³/mol. The molecule has 0 aromatic carbocycles. The maximum atomic E-state index is 5.58. The van der Waals surface area contributed by atoms with E-state index in [1.807, 2.05) is 0 Å². The van der Waals surface area contributed by atoms with Crippen molar-refractivity contribution in [1.29, 1.82) is 0 Å². The molecule has 0 amide bonds. The third-order valence-electron chi connectivity index (χ3n) is 6.29. The average molecular weight is 289 g/mol.